The van der Waals surface area contributed by atoms with Crippen LogP contribution >= 0.6 is 0 Å². The van der Waals surface area contributed by atoms with Crippen LogP contribution in [0.1, 0.15) is 47.0 Å². The second-order valence-electron chi connectivity index (χ2n) is 7.46. The zero-order valence-electron chi connectivity index (χ0n) is 13.7. The largest absolute Gasteiger partial charge is 0.462 e. The predicted octanol–water partition coefficient (Wildman–Crippen LogP) is 2.23. The second kappa shape index (κ2) is 6.25. The Bertz CT molecular complexity index is 381. The van der Waals surface area contributed by atoms with E-state index in [-0.39, 0.29) is 49.0 Å². The molecular formula is C17H30O4. The summed E-state index contributed by atoms with van der Waals surface area (Å²) in [5, 5.41) is 19.1. The van der Waals surface area contributed by atoms with E-state index in [2.05, 4.69) is 13.8 Å². The summed E-state index contributed by atoms with van der Waals surface area (Å²) in [6, 6.07) is 0. The summed E-state index contributed by atoms with van der Waals surface area (Å²) >= 11 is 0. The summed E-state index contributed by atoms with van der Waals surface area (Å²) in [5.41, 5.74) is -0.438. The molecule has 0 radical (unpaired) electrons. The fourth-order valence-corrected chi connectivity index (χ4v) is 4.29. The van der Waals surface area contributed by atoms with Gasteiger partial charge in [0.2, 0.25) is 0 Å². The number of hydrogen-bond acceptors (Lipinski definition) is 4. The highest BCUT2D eigenvalue weighted by atomic mass is 16.5. The van der Waals surface area contributed by atoms with Crippen LogP contribution < -0.4 is 0 Å². The van der Waals surface area contributed by atoms with Crippen LogP contribution in [0.25, 0.3) is 0 Å². The first-order valence-corrected chi connectivity index (χ1v) is 8.31. The van der Waals surface area contributed by atoms with Gasteiger partial charge in [0.15, 0.2) is 0 Å². The molecule has 2 saturated carbocycles. The molecular weight excluding hydrogens is 268 g/mol. The van der Waals surface area contributed by atoms with Crippen LogP contribution in [-0.4, -0.2) is 35.5 Å². The molecule has 0 aliphatic heterocycles. The fraction of sp³-hybridized carbons (Fsp3) is 0.941. The molecule has 2 bridgehead atoms. The second-order valence-corrected chi connectivity index (χ2v) is 7.46. The minimum absolute atomic E-state index is 0.0768. The van der Waals surface area contributed by atoms with Gasteiger partial charge < -0.3 is 14.9 Å². The van der Waals surface area contributed by atoms with Gasteiger partial charge in [0.05, 0.1) is 5.41 Å². The van der Waals surface area contributed by atoms with Crippen LogP contribution in [0.3, 0.4) is 0 Å². The van der Waals surface area contributed by atoms with Gasteiger partial charge in [0.25, 0.3) is 0 Å². The molecule has 4 heteroatoms. The zero-order valence-corrected chi connectivity index (χ0v) is 13.7. The Hall–Kier alpha value is -0.610. The van der Waals surface area contributed by atoms with Crippen molar-refractivity contribution in [1.82, 2.24) is 0 Å². The lowest BCUT2D eigenvalue weighted by Crippen LogP contribution is -2.42. The number of fused-ring (bicyclic) bond motifs is 2. The van der Waals surface area contributed by atoms with Crippen molar-refractivity contribution in [2.45, 2.75) is 53.1 Å². The average Bonchev–Trinajstić information content (AvgIpc) is 3.02. The van der Waals surface area contributed by atoms with Crippen molar-refractivity contribution in [3.05, 3.63) is 0 Å². The summed E-state index contributed by atoms with van der Waals surface area (Å²) in [6.45, 7) is 8.34. The van der Waals surface area contributed by atoms with Gasteiger partial charge in [0.1, 0.15) is 6.10 Å². The van der Waals surface area contributed by atoms with Crippen LogP contribution in [-0.2, 0) is 9.53 Å². The van der Waals surface area contributed by atoms with Gasteiger partial charge in [-0.1, -0.05) is 20.8 Å². The molecule has 6 unspecified atom stereocenters. The van der Waals surface area contributed by atoms with Crippen LogP contribution in [0.15, 0.2) is 0 Å². The molecule has 0 amide bonds. The highest BCUT2D eigenvalue weighted by Gasteiger charge is 2.54. The molecule has 0 saturated heterocycles. The maximum atomic E-state index is 12.6. The van der Waals surface area contributed by atoms with Crippen molar-refractivity contribution in [2.24, 2.45) is 35.0 Å². The standard InChI is InChI=1S/C17H30O4/c1-5-17(4,10(2)3)16(20)21-15-7-11-6-12(15)14(9-19)13(11)8-18/h10-15,18-19H,5-9H2,1-4H3. The molecule has 21 heavy (non-hydrogen) atoms. The molecule has 6 atom stereocenters. The maximum absolute atomic E-state index is 12.6. The maximum Gasteiger partial charge on any atom is 0.312 e. The fourth-order valence-electron chi connectivity index (χ4n) is 4.29. The number of carbonyl (C=O) groups excluding carboxylic acids is 1. The summed E-state index contributed by atoms with van der Waals surface area (Å²) < 4.78 is 5.86. The minimum Gasteiger partial charge on any atom is -0.462 e. The number of ether oxygens (including phenoxy) is 1. The lowest BCUT2D eigenvalue weighted by Gasteiger charge is -2.37. The summed E-state index contributed by atoms with van der Waals surface area (Å²) in [7, 11) is 0. The van der Waals surface area contributed by atoms with Gasteiger partial charge in [-0.15, -0.1) is 0 Å². The van der Waals surface area contributed by atoms with Crippen LogP contribution in [0.4, 0.5) is 0 Å². The molecule has 0 aromatic carbocycles. The van der Waals surface area contributed by atoms with Gasteiger partial charge in [-0.2, -0.15) is 0 Å². The Labute approximate surface area is 127 Å². The van der Waals surface area contributed by atoms with E-state index in [1.165, 1.54) is 0 Å². The molecule has 2 aliphatic rings. The molecule has 2 N–H and O–H groups in total. The highest BCUT2D eigenvalue weighted by Crippen LogP contribution is 2.53. The van der Waals surface area contributed by atoms with E-state index < -0.39 is 5.41 Å². The molecule has 0 aromatic heterocycles. The molecule has 4 nitrogen and oxygen atoms in total. The van der Waals surface area contributed by atoms with E-state index in [1.54, 1.807) is 0 Å². The first-order valence-electron chi connectivity index (χ1n) is 8.31. The van der Waals surface area contributed by atoms with Crippen LogP contribution in [0.5, 0.6) is 0 Å². The predicted molar refractivity (Wildman–Crippen MR) is 80.5 cm³/mol. The normalized spacial score (nSPS) is 37.8. The third-order valence-electron chi connectivity index (χ3n) is 6.45. The smallest absolute Gasteiger partial charge is 0.312 e. The van der Waals surface area contributed by atoms with Gasteiger partial charge in [0, 0.05) is 19.1 Å². The lowest BCUT2D eigenvalue weighted by molar-refractivity contribution is -0.168. The monoisotopic (exact) mass is 298 g/mol. The average molecular weight is 298 g/mol. The topological polar surface area (TPSA) is 66.8 Å². The van der Waals surface area contributed by atoms with E-state index in [1.807, 2.05) is 13.8 Å². The number of aliphatic hydroxyl groups is 2. The molecule has 0 aromatic rings. The molecule has 2 fully saturated rings. The van der Waals surface area contributed by atoms with E-state index in [0.29, 0.717) is 5.92 Å². The lowest BCUT2D eigenvalue weighted by atomic mass is 9.76. The number of rotatable bonds is 6. The summed E-state index contributed by atoms with van der Waals surface area (Å²) in [4.78, 5) is 12.6. The van der Waals surface area contributed by atoms with Crippen LogP contribution in [0.2, 0.25) is 0 Å². The SMILES string of the molecule is CCC(C)(C(=O)OC1CC2CC1C(CO)C2CO)C(C)C. The Kier molecular flexibility index (Phi) is 4.99. The first-order chi connectivity index (χ1) is 9.88. The number of carbonyl (C=O) groups is 1. The van der Waals surface area contributed by atoms with E-state index >= 15 is 0 Å². The van der Waals surface area contributed by atoms with E-state index in [9.17, 15) is 15.0 Å². The Morgan fingerprint density at radius 2 is 1.86 bits per heavy atom. The van der Waals surface area contributed by atoms with Crippen molar-refractivity contribution in [1.29, 1.82) is 0 Å². The molecule has 2 rings (SSSR count). The van der Waals surface area contributed by atoms with Gasteiger partial charge in [-0.25, -0.2) is 0 Å². The third-order valence-corrected chi connectivity index (χ3v) is 6.45. The van der Waals surface area contributed by atoms with Crippen LogP contribution in [0, 0.1) is 35.0 Å². The minimum atomic E-state index is -0.438. The number of aliphatic hydroxyl groups excluding tert-OH is 2. The summed E-state index contributed by atoms with van der Waals surface area (Å²) in [6.07, 6.45) is 2.51. The highest BCUT2D eigenvalue weighted by molar-refractivity contribution is 5.76. The van der Waals surface area contributed by atoms with Crippen molar-refractivity contribution >= 4 is 5.97 Å². The van der Waals surface area contributed by atoms with Gasteiger partial charge in [-0.3, -0.25) is 4.79 Å². The molecule has 0 spiro atoms. The Balaban J connectivity index is 2.04. The number of esters is 1. The molecule has 122 valence electrons. The third kappa shape index (κ3) is 2.72. The quantitative estimate of drug-likeness (QED) is 0.738. The Morgan fingerprint density at radius 1 is 1.24 bits per heavy atom. The van der Waals surface area contributed by atoms with Crippen molar-refractivity contribution in [3.8, 4) is 0 Å². The number of hydrogen-bond donors (Lipinski definition) is 2. The van der Waals surface area contributed by atoms with Gasteiger partial charge >= 0.3 is 5.97 Å². The van der Waals surface area contributed by atoms with Crippen molar-refractivity contribution < 1.29 is 19.7 Å². The molecule has 0 heterocycles. The zero-order chi connectivity index (χ0) is 15.8. The van der Waals surface area contributed by atoms with Gasteiger partial charge in [-0.05, 0) is 49.9 Å². The summed E-state index contributed by atoms with van der Waals surface area (Å²) in [5.74, 6) is 1.01. The van der Waals surface area contributed by atoms with E-state index in [4.69, 9.17) is 4.74 Å². The first kappa shape index (κ1) is 16.8. The molecule has 2 aliphatic carbocycles. The van der Waals surface area contributed by atoms with Crippen molar-refractivity contribution in [3.63, 3.8) is 0 Å². The van der Waals surface area contributed by atoms with Crippen molar-refractivity contribution in [2.75, 3.05) is 13.2 Å². The Morgan fingerprint density at radius 3 is 2.33 bits per heavy atom. The van der Waals surface area contributed by atoms with E-state index in [0.717, 1.165) is 19.3 Å².